The highest BCUT2D eigenvalue weighted by Crippen LogP contribution is 2.26. The molecule has 0 aliphatic heterocycles. The fraction of sp³-hybridized carbons (Fsp3) is 0.250. The van der Waals surface area contributed by atoms with E-state index in [-0.39, 0.29) is 22.8 Å². The Morgan fingerprint density at radius 1 is 1.73 bits per heavy atom. The predicted molar refractivity (Wildman–Crippen MR) is 51.6 cm³/mol. The van der Waals surface area contributed by atoms with Crippen LogP contribution in [0, 0.1) is 10.1 Å². The Hall–Kier alpha value is -1.69. The second-order valence-corrected chi connectivity index (χ2v) is 2.98. The van der Waals surface area contributed by atoms with Crippen molar-refractivity contribution >= 4 is 23.3 Å². The summed E-state index contributed by atoms with van der Waals surface area (Å²) in [6, 6.07) is 1.36. The maximum Gasteiger partial charge on any atom is 0.310 e. The summed E-state index contributed by atoms with van der Waals surface area (Å²) in [6.07, 6.45) is 1.10. The summed E-state index contributed by atoms with van der Waals surface area (Å²) < 4.78 is 4.40. The Morgan fingerprint density at radius 3 is 2.93 bits per heavy atom. The first-order valence-electron chi connectivity index (χ1n) is 3.91. The van der Waals surface area contributed by atoms with Crippen molar-refractivity contribution in [2.24, 2.45) is 0 Å². The van der Waals surface area contributed by atoms with Gasteiger partial charge in [0.1, 0.15) is 0 Å². The van der Waals surface area contributed by atoms with Crippen molar-refractivity contribution in [3.05, 3.63) is 33.1 Å². The van der Waals surface area contributed by atoms with Crippen molar-refractivity contribution in [2.75, 3.05) is 7.11 Å². The summed E-state index contributed by atoms with van der Waals surface area (Å²) in [7, 11) is 1.21. The second-order valence-electron chi connectivity index (χ2n) is 2.62. The Labute approximate surface area is 90.0 Å². The number of carbonyl (C=O) groups is 1. The number of esters is 1. The number of aromatic nitrogens is 1. The van der Waals surface area contributed by atoms with Gasteiger partial charge in [-0.05, 0) is 6.07 Å². The number of hydrogen-bond acceptors (Lipinski definition) is 5. The third kappa shape index (κ3) is 2.63. The van der Waals surface area contributed by atoms with Gasteiger partial charge in [-0.3, -0.25) is 14.9 Å². The Morgan fingerprint density at radius 2 is 2.40 bits per heavy atom. The number of rotatable bonds is 3. The maximum absolute atomic E-state index is 11.0. The fourth-order valence-electron chi connectivity index (χ4n) is 1.03. The molecule has 0 saturated heterocycles. The van der Waals surface area contributed by atoms with Gasteiger partial charge < -0.3 is 4.74 Å². The molecule has 1 rings (SSSR count). The molecular weight excluding hydrogens is 224 g/mol. The van der Waals surface area contributed by atoms with Crippen LogP contribution in [0.3, 0.4) is 0 Å². The minimum atomic E-state index is -0.673. The molecule has 0 N–H and O–H groups in total. The molecule has 0 saturated carbocycles. The summed E-state index contributed by atoms with van der Waals surface area (Å²) in [6.45, 7) is 0. The number of ether oxygens (including phenoxy) is 1. The molecule has 6 nitrogen and oxygen atoms in total. The predicted octanol–water partition coefficient (Wildman–Crippen LogP) is 1.36. The standard InChI is InChI=1S/C8H7ClN2O4/c1-15-6(12)4-5-2-3-10-8(9)7(5)11(13)14/h2-3H,4H2,1H3. The molecule has 0 radical (unpaired) electrons. The molecule has 1 aromatic heterocycles. The minimum Gasteiger partial charge on any atom is -0.469 e. The fourth-order valence-corrected chi connectivity index (χ4v) is 1.27. The van der Waals surface area contributed by atoms with E-state index < -0.39 is 10.9 Å². The van der Waals surface area contributed by atoms with Gasteiger partial charge in [0.15, 0.2) is 0 Å². The van der Waals surface area contributed by atoms with Crippen LogP contribution in [-0.4, -0.2) is 23.0 Å². The van der Waals surface area contributed by atoms with E-state index in [4.69, 9.17) is 11.6 Å². The highest BCUT2D eigenvalue weighted by Gasteiger charge is 2.21. The first-order valence-corrected chi connectivity index (χ1v) is 4.28. The molecule has 0 aromatic carbocycles. The summed E-state index contributed by atoms with van der Waals surface area (Å²) in [4.78, 5) is 24.5. The van der Waals surface area contributed by atoms with E-state index in [1.54, 1.807) is 0 Å². The lowest BCUT2D eigenvalue weighted by molar-refractivity contribution is -0.385. The van der Waals surface area contributed by atoms with E-state index in [2.05, 4.69) is 9.72 Å². The summed E-state index contributed by atoms with van der Waals surface area (Å²) in [5, 5.41) is 10.4. The topological polar surface area (TPSA) is 82.3 Å². The van der Waals surface area contributed by atoms with Gasteiger partial charge in [-0.15, -0.1) is 0 Å². The summed E-state index contributed by atoms with van der Waals surface area (Å²) in [5.41, 5.74) is -0.170. The lowest BCUT2D eigenvalue weighted by Crippen LogP contribution is -2.07. The molecule has 1 heterocycles. The van der Waals surface area contributed by atoms with Crippen LogP contribution in [0.5, 0.6) is 0 Å². The van der Waals surface area contributed by atoms with E-state index in [1.165, 1.54) is 19.4 Å². The average Bonchev–Trinajstić information content (AvgIpc) is 2.17. The molecule has 0 amide bonds. The van der Waals surface area contributed by atoms with Crippen LogP contribution in [0.2, 0.25) is 5.15 Å². The number of hydrogen-bond donors (Lipinski definition) is 0. The van der Waals surface area contributed by atoms with Gasteiger partial charge in [-0.1, -0.05) is 11.6 Å². The van der Waals surface area contributed by atoms with Crippen LogP contribution in [0.1, 0.15) is 5.56 Å². The number of carbonyl (C=O) groups excluding carboxylic acids is 1. The van der Waals surface area contributed by atoms with Crippen molar-refractivity contribution in [3.63, 3.8) is 0 Å². The molecule has 80 valence electrons. The molecule has 15 heavy (non-hydrogen) atoms. The average molecular weight is 231 g/mol. The van der Waals surface area contributed by atoms with Crippen LogP contribution in [0.4, 0.5) is 5.69 Å². The van der Waals surface area contributed by atoms with Crippen molar-refractivity contribution in [1.82, 2.24) is 4.98 Å². The van der Waals surface area contributed by atoms with Crippen LogP contribution in [-0.2, 0) is 16.0 Å². The highest BCUT2D eigenvalue weighted by atomic mass is 35.5. The quantitative estimate of drug-likeness (QED) is 0.339. The Bertz CT molecular complexity index is 408. The van der Waals surface area contributed by atoms with Crippen molar-refractivity contribution < 1.29 is 14.5 Å². The summed E-state index contributed by atoms with van der Waals surface area (Å²) >= 11 is 5.55. The minimum absolute atomic E-state index is 0.187. The van der Waals surface area contributed by atoms with Gasteiger partial charge in [0.25, 0.3) is 0 Å². The van der Waals surface area contributed by atoms with Gasteiger partial charge in [0.05, 0.1) is 18.5 Å². The molecule has 0 aliphatic carbocycles. The number of nitro groups is 1. The van der Waals surface area contributed by atoms with Gasteiger partial charge in [0, 0.05) is 11.8 Å². The number of halogens is 1. The molecular formula is C8H7ClN2O4. The zero-order chi connectivity index (χ0) is 11.4. The van der Waals surface area contributed by atoms with E-state index >= 15 is 0 Å². The molecule has 7 heteroatoms. The van der Waals surface area contributed by atoms with Crippen LogP contribution < -0.4 is 0 Å². The largest absolute Gasteiger partial charge is 0.469 e. The van der Waals surface area contributed by atoms with Crippen molar-refractivity contribution in [1.29, 1.82) is 0 Å². The first-order chi connectivity index (χ1) is 7.06. The third-order valence-electron chi connectivity index (χ3n) is 1.71. The van der Waals surface area contributed by atoms with Crippen LogP contribution in [0.15, 0.2) is 12.3 Å². The Balaban J connectivity index is 3.11. The number of pyridine rings is 1. The molecule has 1 aromatic rings. The van der Waals surface area contributed by atoms with Crippen LogP contribution >= 0.6 is 11.6 Å². The smallest absolute Gasteiger partial charge is 0.310 e. The molecule has 0 aliphatic rings. The zero-order valence-electron chi connectivity index (χ0n) is 7.77. The van der Waals surface area contributed by atoms with E-state index in [0.29, 0.717) is 0 Å². The van der Waals surface area contributed by atoms with Gasteiger partial charge in [-0.2, -0.15) is 0 Å². The lowest BCUT2D eigenvalue weighted by Gasteiger charge is -2.01. The molecule has 0 fully saturated rings. The molecule has 0 atom stereocenters. The van der Waals surface area contributed by atoms with Crippen LogP contribution in [0.25, 0.3) is 0 Å². The zero-order valence-corrected chi connectivity index (χ0v) is 8.52. The monoisotopic (exact) mass is 230 g/mol. The number of nitrogens with zero attached hydrogens (tertiary/aromatic N) is 2. The van der Waals surface area contributed by atoms with Gasteiger partial charge in [0.2, 0.25) is 5.15 Å². The molecule has 0 unspecified atom stereocenters. The SMILES string of the molecule is COC(=O)Cc1ccnc(Cl)c1[N+](=O)[O-]. The van der Waals surface area contributed by atoms with Gasteiger partial charge in [-0.25, -0.2) is 4.98 Å². The highest BCUT2D eigenvalue weighted by molar-refractivity contribution is 6.31. The normalized spacial score (nSPS) is 9.73. The lowest BCUT2D eigenvalue weighted by atomic mass is 10.1. The molecule has 0 bridgehead atoms. The third-order valence-corrected chi connectivity index (χ3v) is 1.98. The van der Waals surface area contributed by atoms with E-state index in [9.17, 15) is 14.9 Å². The number of methoxy groups -OCH3 is 1. The van der Waals surface area contributed by atoms with E-state index in [1.807, 2.05) is 0 Å². The Kier molecular flexibility index (Phi) is 3.56. The van der Waals surface area contributed by atoms with Crippen molar-refractivity contribution in [2.45, 2.75) is 6.42 Å². The van der Waals surface area contributed by atoms with Crippen molar-refractivity contribution in [3.8, 4) is 0 Å². The second kappa shape index (κ2) is 4.70. The van der Waals surface area contributed by atoms with Gasteiger partial charge >= 0.3 is 11.7 Å². The summed E-state index contributed by atoms with van der Waals surface area (Å²) in [5.74, 6) is -0.569. The van der Waals surface area contributed by atoms with E-state index in [0.717, 1.165) is 0 Å². The first kappa shape index (κ1) is 11.4. The molecule has 0 spiro atoms. The maximum atomic E-state index is 11.0.